The molecule has 0 amide bonds. The lowest BCUT2D eigenvalue weighted by molar-refractivity contribution is -0.394. The number of benzene rings is 1. The molecule has 21 heavy (non-hydrogen) atoms. The van der Waals surface area contributed by atoms with Gasteiger partial charge in [-0.1, -0.05) is 17.1 Å². The Balaban J connectivity index is 1.90. The molecule has 0 aliphatic heterocycles. The van der Waals surface area contributed by atoms with Gasteiger partial charge in [-0.05, 0) is 36.0 Å². The van der Waals surface area contributed by atoms with E-state index in [1.54, 1.807) is 0 Å². The first-order valence-corrected chi connectivity index (χ1v) is 6.37. The Morgan fingerprint density at radius 3 is 2.90 bits per heavy atom. The van der Waals surface area contributed by atoms with Crippen molar-refractivity contribution in [3.8, 4) is 5.75 Å². The van der Waals surface area contributed by atoms with Crippen LogP contribution in [-0.2, 0) is 6.54 Å². The number of nitro groups is 1. The van der Waals surface area contributed by atoms with Crippen LogP contribution in [-0.4, -0.2) is 37.5 Å². The SMILES string of the molecule is Cc1ccc(C)c(OC[C@@H](O)Cn2cnc([N+](=O)[O-])n2)c1. The maximum Gasteiger partial charge on any atom is 0.490 e. The number of hydrogen-bond acceptors (Lipinski definition) is 6. The van der Waals surface area contributed by atoms with E-state index in [2.05, 4.69) is 10.1 Å². The largest absolute Gasteiger partial charge is 0.491 e. The van der Waals surface area contributed by atoms with Crippen molar-refractivity contribution in [1.82, 2.24) is 14.8 Å². The van der Waals surface area contributed by atoms with Crippen molar-refractivity contribution in [2.45, 2.75) is 26.5 Å². The third-order valence-electron chi connectivity index (χ3n) is 2.86. The van der Waals surface area contributed by atoms with Gasteiger partial charge in [0.05, 0.1) is 6.54 Å². The first kappa shape index (κ1) is 14.9. The summed E-state index contributed by atoms with van der Waals surface area (Å²) in [5.41, 5.74) is 2.04. The van der Waals surface area contributed by atoms with Gasteiger partial charge in [0.2, 0.25) is 6.33 Å². The highest BCUT2D eigenvalue weighted by atomic mass is 16.6. The second-order valence-electron chi connectivity index (χ2n) is 4.76. The molecule has 1 aromatic heterocycles. The van der Waals surface area contributed by atoms with E-state index in [4.69, 9.17) is 4.74 Å². The number of aromatic nitrogens is 3. The maximum absolute atomic E-state index is 10.5. The molecule has 2 aromatic rings. The molecule has 0 aliphatic rings. The number of rotatable bonds is 6. The van der Waals surface area contributed by atoms with Gasteiger partial charge in [-0.25, -0.2) is 0 Å². The van der Waals surface area contributed by atoms with Gasteiger partial charge >= 0.3 is 5.95 Å². The summed E-state index contributed by atoms with van der Waals surface area (Å²) in [5.74, 6) is 0.219. The minimum Gasteiger partial charge on any atom is -0.491 e. The predicted octanol–water partition coefficient (Wildman–Crippen LogP) is 1.24. The summed E-state index contributed by atoms with van der Waals surface area (Å²) in [4.78, 5) is 13.3. The van der Waals surface area contributed by atoms with Gasteiger partial charge in [-0.15, -0.1) is 0 Å². The molecular formula is C13H16N4O4. The molecule has 112 valence electrons. The molecule has 0 bridgehead atoms. The lowest BCUT2D eigenvalue weighted by Gasteiger charge is -2.13. The lowest BCUT2D eigenvalue weighted by atomic mass is 10.1. The highest BCUT2D eigenvalue weighted by Gasteiger charge is 2.16. The van der Waals surface area contributed by atoms with Crippen molar-refractivity contribution in [1.29, 1.82) is 0 Å². The van der Waals surface area contributed by atoms with Crippen molar-refractivity contribution in [2.75, 3.05) is 6.61 Å². The molecule has 0 spiro atoms. The zero-order valence-corrected chi connectivity index (χ0v) is 11.8. The maximum atomic E-state index is 10.5. The number of aliphatic hydroxyl groups excluding tert-OH is 1. The topological polar surface area (TPSA) is 103 Å². The second kappa shape index (κ2) is 6.31. The standard InChI is InChI=1S/C13H16N4O4/c1-9-3-4-10(2)12(5-9)21-7-11(18)6-16-8-14-13(15-16)17(19)20/h3-5,8,11,18H,6-7H2,1-2H3/t11-/m0/s1. The molecule has 1 N–H and O–H groups in total. The monoisotopic (exact) mass is 292 g/mol. The van der Waals surface area contributed by atoms with E-state index >= 15 is 0 Å². The first-order valence-electron chi connectivity index (χ1n) is 6.37. The molecule has 8 nitrogen and oxygen atoms in total. The average Bonchev–Trinajstić information content (AvgIpc) is 2.88. The van der Waals surface area contributed by atoms with Gasteiger partial charge in [0.15, 0.2) is 0 Å². The number of hydrogen-bond donors (Lipinski definition) is 1. The van der Waals surface area contributed by atoms with Crippen LogP contribution in [0.4, 0.5) is 5.95 Å². The Hall–Kier alpha value is -2.48. The fourth-order valence-corrected chi connectivity index (χ4v) is 1.77. The Kier molecular flexibility index (Phi) is 4.49. The van der Waals surface area contributed by atoms with E-state index in [0.717, 1.165) is 11.1 Å². The molecule has 1 heterocycles. The Labute approximate surface area is 121 Å². The van der Waals surface area contributed by atoms with E-state index in [1.807, 2.05) is 32.0 Å². The summed E-state index contributed by atoms with van der Waals surface area (Å²) in [6, 6.07) is 5.81. The quantitative estimate of drug-likeness (QED) is 0.634. The molecule has 0 saturated heterocycles. The molecular weight excluding hydrogens is 276 g/mol. The molecule has 1 atom stereocenters. The minimum absolute atomic E-state index is 0.0674. The molecule has 0 unspecified atom stereocenters. The van der Waals surface area contributed by atoms with Crippen LogP contribution in [0.25, 0.3) is 0 Å². The summed E-state index contributed by atoms with van der Waals surface area (Å²) >= 11 is 0. The van der Waals surface area contributed by atoms with Crippen LogP contribution in [0.2, 0.25) is 0 Å². The van der Waals surface area contributed by atoms with E-state index in [9.17, 15) is 15.2 Å². The molecule has 2 rings (SSSR count). The van der Waals surface area contributed by atoms with Crippen molar-refractivity contribution >= 4 is 5.95 Å². The Morgan fingerprint density at radius 2 is 2.24 bits per heavy atom. The Bertz CT molecular complexity index is 641. The molecule has 8 heteroatoms. The van der Waals surface area contributed by atoms with Gasteiger partial charge in [-0.2, -0.15) is 4.68 Å². The van der Waals surface area contributed by atoms with E-state index < -0.39 is 17.0 Å². The molecule has 0 aliphatic carbocycles. The third kappa shape index (κ3) is 3.99. The van der Waals surface area contributed by atoms with Crippen molar-refractivity contribution in [3.05, 3.63) is 45.8 Å². The fourth-order valence-electron chi connectivity index (χ4n) is 1.77. The zero-order valence-electron chi connectivity index (χ0n) is 11.8. The zero-order chi connectivity index (χ0) is 15.4. The number of nitrogens with zero attached hydrogens (tertiary/aromatic N) is 4. The predicted molar refractivity (Wildman–Crippen MR) is 74.1 cm³/mol. The molecule has 0 fully saturated rings. The second-order valence-corrected chi connectivity index (χ2v) is 4.76. The van der Waals surface area contributed by atoms with Crippen LogP contribution in [0.1, 0.15) is 11.1 Å². The minimum atomic E-state index is -0.841. The smallest absolute Gasteiger partial charge is 0.490 e. The fraction of sp³-hybridized carbons (Fsp3) is 0.385. The van der Waals surface area contributed by atoms with E-state index in [-0.39, 0.29) is 13.2 Å². The van der Waals surface area contributed by atoms with Gasteiger partial charge in [0.25, 0.3) is 0 Å². The Morgan fingerprint density at radius 1 is 1.48 bits per heavy atom. The van der Waals surface area contributed by atoms with Crippen LogP contribution in [0.5, 0.6) is 5.75 Å². The molecule has 0 radical (unpaired) electrons. The van der Waals surface area contributed by atoms with Gasteiger partial charge < -0.3 is 20.0 Å². The number of ether oxygens (including phenoxy) is 1. The van der Waals surface area contributed by atoms with Crippen molar-refractivity contribution in [3.63, 3.8) is 0 Å². The van der Waals surface area contributed by atoms with Crippen LogP contribution < -0.4 is 4.74 Å². The van der Waals surface area contributed by atoms with Crippen LogP contribution in [0.15, 0.2) is 24.5 Å². The lowest BCUT2D eigenvalue weighted by Crippen LogP contribution is -2.24. The van der Waals surface area contributed by atoms with Gasteiger partial charge in [-0.3, -0.25) is 0 Å². The first-order chi connectivity index (χ1) is 9.95. The van der Waals surface area contributed by atoms with Crippen LogP contribution >= 0.6 is 0 Å². The summed E-state index contributed by atoms with van der Waals surface area (Å²) in [6.45, 7) is 4.02. The van der Waals surface area contributed by atoms with E-state index in [1.165, 1.54) is 11.0 Å². The van der Waals surface area contributed by atoms with Crippen LogP contribution in [0.3, 0.4) is 0 Å². The molecule has 0 saturated carbocycles. The van der Waals surface area contributed by atoms with Crippen molar-refractivity contribution in [2.24, 2.45) is 0 Å². The van der Waals surface area contributed by atoms with E-state index in [0.29, 0.717) is 5.75 Å². The number of aliphatic hydroxyl groups is 1. The highest BCUT2D eigenvalue weighted by molar-refractivity contribution is 5.35. The van der Waals surface area contributed by atoms with Gasteiger partial charge in [0.1, 0.15) is 18.5 Å². The molecule has 1 aromatic carbocycles. The van der Waals surface area contributed by atoms with Gasteiger partial charge in [0, 0.05) is 5.10 Å². The highest BCUT2D eigenvalue weighted by Crippen LogP contribution is 2.19. The van der Waals surface area contributed by atoms with Crippen LogP contribution in [0, 0.1) is 24.0 Å². The number of aryl methyl sites for hydroxylation is 2. The average molecular weight is 292 g/mol. The summed E-state index contributed by atoms with van der Waals surface area (Å²) in [7, 11) is 0. The summed E-state index contributed by atoms with van der Waals surface area (Å²) < 4.78 is 6.78. The summed E-state index contributed by atoms with van der Waals surface area (Å²) in [6.07, 6.45) is 0.366. The van der Waals surface area contributed by atoms with Crippen molar-refractivity contribution < 1.29 is 14.8 Å². The third-order valence-corrected chi connectivity index (χ3v) is 2.86. The summed E-state index contributed by atoms with van der Waals surface area (Å²) in [5, 5.41) is 24.0. The normalized spacial score (nSPS) is 12.1.